The van der Waals surface area contributed by atoms with Gasteiger partial charge in [-0.1, -0.05) is 29.3 Å². The van der Waals surface area contributed by atoms with Crippen molar-refractivity contribution in [2.75, 3.05) is 7.11 Å². The molecule has 3 aromatic rings. The van der Waals surface area contributed by atoms with Crippen LogP contribution in [0.4, 0.5) is 0 Å². The van der Waals surface area contributed by atoms with Gasteiger partial charge in [0.1, 0.15) is 18.1 Å². The SMILES string of the molecule is COc1cc(C(=O)N/N=C\c2ccc(OCc3ccc(Cl)c(Cl)c3)c(I)c2)ccc1I. The predicted octanol–water partition coefficient (Wildman–Crippen LogP) is 6.55. The molecule has 0 radical (unpaired) electrons. The van der Waals surface area contributed by atoms with Gasteiger partial charge in [0.2, 0.25) is 0 Å². The highest BCUT2D eigenvalue weighted by molar-refractivity contribution is 14.1. The quantitative estimate of drug-likeness (QED) is 0.175. The normalized spacial score (nSPS) is 10.9. The molecule has 31 heavy (non-hydrogen) atoms. The van der Waals surface area contributed by atoms with Crippen LogP contribution in [0.5, 0.6) is 11.5 Å². The van der Waals surface area contributed by atoms with Crippen molar-refractivity contribution in [3.63, 3.8) is 0 Å². The highest BCUT2D eigenvalue weighted by Gasteiger charge is 2.08. The Balaban J connectivity index is 1.59. The van der Waals surface area contributed by atoms with E-state index in [1.165, 1.54) is 0 Å². The highest BCUT2D eigenvalue weighted by atomic mass is 127. The predicted molar refractivity (Wildman–Crippen MR) is 141 cm³/mol. The summed E-state index contributed by atoms with van der Waals surface area (Å²) < 4.78 is 13.0. The number of carbonyl (C=O) groups is 1. The number of carbonyl (C=O) groups excluding carboxylic acids is 1. The van der Waals surface area contributed by atoms with E-state index in [2.05, 4.69) is 55.7 Å². The fraction of sp³-hybridized carbons (Fsp3) is 0.0909. The topological polar surface area (TPSA) is 59.9 Å². The Hall–Kier alpha value is -1.56. The monoisotopic (exact) mass is 680 g/mol. The van der Waals surface area contributed by atoms with Gasteiger partial charge in [0.05, 0.1) is 30.5 Å². The first-order chi connectivity index (χ1) is 14.9. The third-order valence-corrected chi connectivity index (χ3v) is 6.60. The fourth-order valence-electron chi connectivity index (χ4n) is 2.54. The molecular formula is C22H16Cl2I2N2O3. The minimum absolute atomic E-state index is 0.317. The first kappa shape index (κ1) is 24.1. The number of methoxy groups -OCH3 is 1. The van der Waals surface area contributed by atoms with Crippen molar-refractivity contribution in [2.45, 2.75) is 6.61 Å². The second kappa shape index (κ2) is 11.3. The molecule has 160 valence electrons. The van der Waals surface area contributed by atoms with Gasteiger partial charge in [-0.2, -0.15) is 5.10 Å². The fourth-order valence-corrected chi connectivity index (χ4v) is 4.11. The molecule has 0 fully saturated rings. The molecule has 3 rings (SSSR count). The number of hydrazone groups is 1. The average Bonchev–Trinajstić information content (AvgIpc) is 2.75. The van der Waals surface area contributed by atoms with Crippen LogP contribution in [0.2, 0.25) is 10.0 Å². The van der Waals surface area contributed by atoms with Crippen molar-refractivity contribution in [3.8, 4) is 11.5 Å². The maximum absolute atomic E-state index is 12.3. The maximum atomic E-state index is 12.3. The summed E-state index contributed by atoms with van der Waals surface area (Å²) >= 11 is 16.3. The molecule has 9 heteroatoms. The van der Waals surface area contributed by atoms with Gasteiger partial charge in [-0.05, 0) is 105 Å². The molecule has 0 atom stereocenters. The molecule has 0 spiro atoms. The Morgan fingerprint density at radius 3 is 2.52 bits per heavy atom. The average molecular weight is 681 g/mol. The zero-order valence-electron chi connectivity index (χ0n) is 16.2. The Kier molecular flexibility index (Phi) is 8.82. The van der Waals surface area contributed by atoms with Crippen molar-refractivity contribution in [1.29, 1.82) is 0 Å². The zero-order valence-corrected chi connectivity index (χ0v) is 22.0. The molecule has 0 heterocycles. The Bertz CT molecular complexity index is 1140. The molecule has 0 bridgehead atoms. The van der Waals surface area contributed by atoms with Gasteiger partial charge >= 0.3 is 0 Å². The van der Waals surface area contributed by atoms with Gasteiger partial charge in [0.15, 0.2) is 0 Å². The molecular weight excluding hydrogens is 665 g/mol. The van der Waals surface area contributed by atoms with Crippen molar-refractivity contribution in [3.05, 3.63) is 88.5 Å². The second-order valence-electron chi connectivity index (χ2n) is 6.28. The summed E-state index contributed by atoms with van der Waals surface area (Å²) in [6.07, 6.45) is 1.58. The van der Waals surface area contributed by atoms with Crippen LogP contribution in [0.1, 0.15) is 21.5 Å². The summed E-state index contributed by atoms with van der Waals surface area (Å²) in [5.74, 6) is 1.06. The standard InChI is InChI=1S/C22H16Cl2I2N2O3/c1-30-21-10-15(4-6-18(21)25)22(29)28-27-11-13-3-7-20(19(26)9-13)31-12-14-2-5-16(23)17(24)8-14/h2-11H,12H2,1H3,(H,28,29)/b27-11-. The number of hydrogen-bond donors (Lipinski definition) is 1. The maximum Gasteiger partial charge on any atom is 0.271 e. The molecule has 0 unspecified atom stereocenters. The summed E-state index contributed by atoms with van der Waals surface area (Å²) in [5, 5.41) is 5.05. The minimum Gasteiger partial charge on any atom is -0.496 e. The van der Waals surface area contributed by atoms with Crippen molar-refractivity contribution < 1.29 is 14.3 Å². The third-order valence-electron chi connectivity index (χ3n) is 4.13. The first-order valence-corrected chi connectivity index (χ1v) is 11.8. The number of ether oxygens (including phenoxy) is 2. The second-order valence-corrected chi connectivity index (χ2v) is 9.41. The smallest absolute Gasteiger partial charge is 0.271 e. The van der Waals surface area contributed by atoms with E-state index in [1.54, 1.807) is 37.6 Å². The van der Waals surface area contributed by atoms with Crippen LogP contribution < -0.4 is 14.9 Å². The van der Waals surface area contributed by atoms with E-state index in [-0.39, 0.29) is 5.91 Å². The lowest BCUT2D eigenvalue weighted by atomic mass is 10.2. The molecule has 5 nitrogen and oxygen atoms in total. The van der Waals surface area contributed by atoms with Crippen molar-refractivity contribution >= 4 is 80.5 Å². The van der Waals surface area contributed by atoms with Crippen molar-refractivity contribution in [1.82, 2.24) is 5.43 Å². The number of halogens is 4. The molecule has 0 aromatic heterocycles. The molecule has 0 aliphatic carbocycles. The lowest BCUT2D eigenvalue weighted by Crippen LogP contribution is -2.17. The summed E-state index contributed by atoms with van der Waals surface area (Å²) in [6.45, 7) is 0.371. The van der Waals surface area contributed by atoms with Gasteiger partial charge in [0, 0.05) is 5.56 Å². The number of nitrogens with zero attached hydrogens (tertiary/aromatic N) is 1. The number of rotatable bonds is 7. The van der Waals surface area contributed by atoms with Crippen LogP contribution in [0.25, 0.3) is 0 Å². The first-order valence-electron chi connectivity index (χ1n) is 8.90. The van der Waals surface area contributed by atoms with E-state index >= 15 is 0 Å². The summed E-state index contributed by atoms with van der Waals surface area (Å²) in [5.41, 5.74) is 4.74. The highest BCUT2D eigenvalue weighted by Crippen LogP contribution is 2.26. The van der Waals surface area contributed by atoms with E-state index in [9.17, 15) is 4.79 Å². The van der Waals surface area contributed by atoms with Gasteiger partial charge in [-0.25, -0.2) is 5.43 Å². The van der Waals surface area contributed by atoms with Gasteiger partial charge < -0.3 is 9.47 Å². The van der Waals surface area contributed by atoms with Crippen LogP contribution in [0.3, 0.4) is 0 Å². The Morgan fingerprint density at radius 2 is 1.81 bits per heavy atom. The number of benzene rings is 3. The molecule has 3 aromatic carbocycles. The van der Waals surface area contributed by atoms with Gasteiger partial charge in [0.25, 0.3) is 5.91 Å². The van der Waals surface area contributed by atoms with E-state index in [0.717, 1.165) is 24.0 Å². The number of nitrogens with one attached hydrogen (secondary N) is 1. The molecule has 0 aliphatic rings. The van der Waals surface area contributed by atoms with E-state index in [1.807, 2.05) is 30.3 Å². The Labute approximate surface area is 217 Å². The molecule has 0 saturated heterocycles. The third kappa shape index (κ3) is 6.71. The number of amides is 1. The van der Waals surface area contributed by atoms with E-state index < -0.39 is 0 Å². The summed E-state index contributed by atoms with van der Waals surface area (Å²) in [6, 6.07) is 16.2. The van der Waals surface area contributed by atoms with Crippen LogP contribution in [-0.4, -0.2) is 19.2 Å². The molecule has 0 saturated carbocycles. The molecule has 1 N–H and O–H groups in total. The molecule has 0 aliphatic heterocycles. The van der Waals surface area contributed by atoms with E-state index in [4.69, 9.17) is 32.7 Å². The molecule has 1 amide bonds. The minimum atomic E-state index is -0.317. The van der Waals surface area contributed by atoms with Crippen LogP contribution in [-0.2, 0) is 6.61 Å². The van der Waals surface area contributed by atoms with Crippen LogP contribution in [0.15, 0.2) is 59.7 Å². The van der Waals surface area contributed by atoms with Crippen molar-refractivity contribution in [2.24, 2.45) is 5.10 Å². The number of hydrogen-bond acceptors (Lipinski definition) is 4. The Morgan fingerprint density at radius 1 is 1.00 bits per heavy atom. The zero-order chi connectivity index (χ0) is 22.4. The van der Waals surface area contributed by atoms with Gasteiger partial charge in [-0.15, -0.1) is 0 Å². The lowest BCUT2D eigenvalue weighted by molar-refractivity contribution is 0.0954. The van der Waals surface area contributed by atoms with Crippen LogP contribution in [0, 0.1) is 7.14 Å². The van der Waals surface area contributed by atoms with Gasteiger partial charge in [-0.3, -0.25) is 4.79 Å². The largest absolute Gasteiger partial charge is 0.496 e. The summed E-state index contributed by atoms with van der Waals surface area (Å²) in [7, 11) is 1.57. The lowest BCUT2D eigenvalue weighted by Gasteiger charge is -2.09. The summed E-state index contributed by atoms with van der Waals surface area (Å²) in [4.78, 5) is 12.3. The van der Waals surface area contributed by atoms with Crippen LogP contribution >= 0.6 is 68.4 Å². The van der Waals surface area contributed by atoms with E-state index in [0.29, 0.717) is 28.0 Å².